The summed E-state index contributed by atoms with van der Waals surface area (Å²) in [6.07, 6.45) is 9.64. The van der Waals surface area contributed by atoms with Crippen molar-refractivity contribution in [3.8, 4) is 0 Å². The Labute approximate surface area is 174 Å². The van der Waals surface area contributed by atoms with Gasteiger partial charge in [0.25, 0.3) is 5.91 Å². The normalized spacial score (nSPS) is 15.7. The number of halogens is 1. The summed E-state index contributed by atoms with van der Waals surface area (Å²) in [7, 11) is 0. The average molecular weight is 472 g/mol. The second-order valence-electron chi connectivity index (χ2n) is 6.84. The molecule has 0 aromatic heterocycles. The predicted molar refractivity (Wildman–Crippen MR) is 119 cm³/mol. The summed E-state index contributed by atoms with van der Waals surface area (Å²) >= 11 is 0. The van der Waals surface area contributed by atoms with Gasteiger partial charge in [-0.15, -0.1) is 24.0 Å². The summed E-state index contributed by atoms with van der Waals surface area (Å²) in [5.41, 5.74) is 7.76. The lowest BCUT2D eigenvalue weighted by molar-refractivity contribution is 0.0953. The minimum Gasteiger partial charge on any atom is -0.370 e. The largest absolute Gasteiger partial charge is 0.370 e. The molecule has 0 heterocycles. The maximum Gasteiger partial charge on any atom is 0.251 e. The third-order valence-electron chi connectivity index (χ3n) is 4.67. The van der Waals surface area contributed by atoms with Crippen LogP contribution in [0.1, 0.15) is 74.2 Å². The molecule has 146 valence electrons. The van der Waals surface area contributed by atoms with Gasteiger partial charge in [0.1, 0.15) is 0 Å². The van der Waals surface area contributed by atoms with Gasteiger partial charge in [-0.2, -0.15) is 0 Å². The maximum absolute atomic E-state index is 12.0. The summed E-state index contributed by atoms with van der Waals surface area (Å²) in [5.74, 6) is 0.506. The average Bonchev–Trinajstić information content (AvgIpc) is 2.89. The second kappa shape index (κ2) is 12.9. The smallest absolute Gasteiger partial charge is 0.251 e. The number of carbonyl (C=O) groups is 1. The zero-order chi connectivity index (χ0) is 17.9. The fraction of sp³-hybridized carbons (Fsp3) is 0.600. The summed E-state index contributed by atoms with van der Waals surface area (Å²) in [6, 6.07) is 8.04. The first-order valence-corrected chi connectivity index (χ1v) is 9.62. The van der Waals surface area contributed by atoms with Crippen LogP contribution in [0.4, 0.5) is 0 Å². The maximum atomic E-state index is 12.0. The molecule has 0 saturated heterocycles. The second-order valence-corrected chi connectivity index (χ2v) is 6.84. The molecule has 1 aromatic carbocycles. The van der Waals surface area contributed by atoms with Crippen molar-refractivity contribution in [3.63, 3.8) is 0 Å². The van der Waals surface area contributed by atoms with Crippen molar-refractivity contribution in [2.75, 3.05) is 6.54 Å². The van der Waals surface area contributed by atoms with E-state index in [2.05, 4.69) is 22.5 Å². The standard InChI is InChI=1S/C20H32N4O.HI/c1-2-3-14-22-19(25)17-12-10-16(11-13-17)15-23-20(21)24-18-8-6-4-5-7-9-18;/h10-13,18H,2-9,14-15H2,1H3,(H,22,25)(H3,21,23,24);1H. The van der Waals surface area contributed by atoms with E-state index < -0.39 is 0 Å². The Morgan fingerprint density at radius 1 is 1.15 bits per heavy atom. The van der Waals surface area contributed by atoms with Gasteiger partial charge in [0.05, 0.1) is 6.54 Å². The third kappa shape index (κ3) is 8.38. The minimum atomic E-state index is -0.0157. The van der Waals surface area contributed by atoms with Crippen molar-refractivity contribution >= 4 is 35.8 Å². The van der Waals surface area contributed by atoms with E-state index in [0.29, 0.717) is 24.1 Å². The van der Waals surface area contributed by atoms with E-state index in [1.807, 2.05) is 24.3 Å². The van der Waals surface area contributed by atoms with E-state index in [9.17, 15) is 4.79 Å². The van der Waals surface area contributed by atoms with Crippen LogP contribution in [0, 0.1) is 0 Å². The number of nitrogens with one attached hydrogen (secondary N) is 2. The molecule has 1 saturated carbocycles. The van der Waals surface area contributed by atoms with E-state index in [0.717, 1.165) is 24.9 Å². The van der Waals surface area contributed by atoms with Gasteiger partial charge < -0.3 is 16.4 Å². The molecule has 26 heavy (non-hydrogen) atoms. The fourth-order valence-electron chi connectivity index (χ4n) is 3.10. The Balaban J connectivity index is 0.00000338. The molecule has 6 heteroatoms. The molecule has 0 radical (unpaired) electrons. The molecule has 2 rings (SSSR count). The highest BCUT2D eigenvalue weighted by molar-refractivity contribution is 14.0. The number of amides is 1. The topological polar surface area (TPSA) is 79.5 Å². The van der Waals surface area contributed by atoms with Gasteiger partial charge in [0, 0.05) is 18.2 Å². The summed E-state index contributed by atoms with van der Waals surface area (Å²) in [5, 5.41) is 6.27. The van der Waals surface area contributed by atoms with E-state index in [4.69, 9.17) is 5.73 Å². The molecule has 0 atom stereocenters. The SMILES string of the molecule is CCCCNC(=O)c1ccc(CN=C(N)NC2CCCCCC2)cc1.I. The van der Waals surface area contributed by atoms with Gasteiger partial charge in [-0.3, -0.25) is 4.79 Å². The molecule has 1 amide bonds. The van der Waals surface area contributed by atoms with E-state index >= 15 is 0 Å². The van der Waals surface area contributed by atoms with Gasteiger partial charge >= 0.3 is 0 Å². The van der Waals surface area contributed by atoms with Crippen molar-refractivity contribution in [1.82, 2.24) is 10.6 Å². The van der Waals surface area contributed by atoms with Crippen molar-refractivity contribution < 1.29 is 4.79 Å². The number of carbonyl (C=O) groups excluding carboxylic acids is 1. The van der Waals surface area contributed by atoms with Crippen LogP contribution in [0.3, 0.4) is 0 Å². The summed E-state index contributed by atoms with van der Waals surface area (Å²) in [4.78, 5) is 16.4. The van der Waals surface area contributed by atoms with Gasteiger partial charge in [0.15, 0.2) is 5.96 Å². The van der Waals surface area contributed by atoms with Crippen LogP contribution in [-0.2, 0) is 6.54 Å². The molecule has 1 aliphatic rings. The number of aliphatic imine (C=N–C) groups is 1. The lowest BCUT2D eigenvalue weighted by Crippen LogP contribution is -2.39. The predicted octanol–water partition coefficient (Wildman–Crippen LogP) is 3.96. The molecule has 1 aliphatic carbocycles. The van der Waals surface area contributed by atoms with Gasteiger partial charge in [-0.1, -0.05) is 51.2 Å². The number of unbranched alkanes of at least 4 members (excludes halogenated alkanes) is 1. The molecular weight excluding hydrogens is 439 g/mol. The number of guanidine groups is 1. The first-order valence-electron chi connectivity index (χ1n) is 9.62. The van der Waals surface area contributed by atoms with Crippen molar-refractivity contribution in [1.29, 1.82) is 0 Å². The highest BCUT2D eigenvalue weighted by Crippen LogP contribution is 2.17. The van der Waals surface area contributed by atoms with Crippen LogP contribution in [0.2, 0.25) is 0 Å². The molecule has 1 fully saturated rings. The van der Waals surface area contributed by atoms with Crippen LogP contribution in [0.5, 0.6) is 0 Å². The lowest BCUT2D eigenvalue weighted by Gasteiger charge is -2.16. The number of hydrogen-bond acceptors (Lipinski definition) is 2. The molecule has 4 N–H and O–H groups in total. The zero-order valence-electron chi connectivity index (χ0n) is 15.8. The third-order valence-corrected chi connectivity index (χ3v) is 4.67. The Kier molecular flexibility index (Phi) is 11.3. The minimum absolute atomic E-state index is 0. The highest BCUT2D eigenvalue weighted by atomic mass is 127. The lowest BCUT2D eigenvalue weighted by atomic mass is 10.1. The summed E-state index contributed by atoms with van der Waals surface area (Å²) < 4.78 is 0. The van der Waals surface area contributed by atoms with Crippen LogP contribution >= 0.6 is 24.0 Å². The molecule has 0 aliphatic heterocycles. The quantitative estimate of drug-likeness (QED) is 0.185. The molecule has 0 bridgehead atoms. The van der Waals surface area contributed by atoms with Crippen LogP contribution in [0.15, 0.2) is 29.3 Å². The van der Waals surface area contributed by atoms with Crippen LogP contribution < -0.4 is 16.4 Å². The van der Waals surface area contributed by atoms with Gasteiger partial charge in [-0.25, -0.2) is 4.99 Å². The van der Waals surface area contributed by atoms with Gasteiger partial charge in [-0.05, 0) is 37.0 Å². The first-order chi connectivity index (χ1) is 12.2. The molecule has 0 unspecified atom stereocenters. The zero-order valence-corrected chi connectivity index (χ0v) is 18.1. The van der Waals surface area contributed by atoms with E-state index in [1.165, 1.54) is 38.5 Å². The molecular formula is C20H33IN4O. The number of hydrogen-bond donors (Lipinski definition) is 3. The van der Waals surface area contributed by atoms with E-state index in [1.54, 1.807) is 0 Å². The summed E-state index contributed by atoms with van der Waals surface area (Å²) in [6.45, 7) is 3.37. The van der Waals surface area contributed by atoms with Crippen LogP contribution in [0.25, 0.3) is 0 Å². The van der Waals surface area contributed by atoms with Crippen molar-refractivity contribution in [2.24, 2.45) is 10.7 Å². The Morgan fingerprint density at radius 2 is 1.81 bits per heavy atom. The van der Waals surface area contributed by atoms with Crippen molar-refractivity contribution in [3.05, 3.63) is 35.4 Å². The monoisotopic (exact) mass is 472 g/mol. The molecule has 1 aromatic rings. The number of nitrogens with zero attached hydrogens (tertiary/aromatic N) is 1. The first kappa shape index (κ1) is 22.7. The molecule has 0 spiro atoms. The van der Waals surface area contributed by atoms with Crippen molar-refractivity contribution in [2.45, 2.75) is 70.9 Å². The van der Waals surface area contributed by atoms with Crippen LogP contribution in [-0.4, -0.2) is 24.5 Å². The number of nitrogens with two attached hydrogens (primary N) is 1. The highest BCUT2D eigenvalue weighted by Gasteiger charge is 2.12. The number of benzene rings is 1. The van der Waals surface area contributed by atoms with Gasteiger partial charge in [0.2, 0.25) is 0 Å². The Hall–Kier alpha value is -1.31. The fourth-order valence-corrected chi connectivity index (χ4v) is 3.10. The number of rotatable bonds is 7. The Bertz CT molecular complexity index is 551. The molecule has 5 nitrogen and oxygen atoms in total. The Morgan fingerprint density at radius 3 is 2.42 bits per heavy atom. The van der Waals surface area contributed by atoms with E-state index in [-0.39, 0.29) is 29.9 Å².